The van der Waals surface area contributed by atoms with E-state index in [4.69, 9.17) is 9.47 Å². The first kappa shape index (κ1) is 21.9. The molecule has 0 radical (unpaired) electrons. The van der Waals surface area contributed by atoms with Crippen LogP contribution in [0.2, 0.25) is 0 Å². The molecule has 1 aliphatic rings. The van der Waals surface area contributed by atoms with Crippen molar-refractivity contribution >= 4 is 5.91 Å². The summed E-state index contributed by atoms with van der Waals surface area (Å²) in [6, 6.07) is 19.9. The third-order valence-corrected chi connectivity index (χ3v) is 5.71. The summed E-state index contributed by atoms with van der Waals surface area (Å²) < 4.78 is 24.6. The van der Waals surface area contributed by atoms with E-state index in [0.717, 1.165) is 29.7 Å². The van der Waals surface area contributed by atoms with Crippen molar-refractivity contribution in [2.75, 3.05) is 0 Å². The van der Waals surface area contributed by atoms with Crippen LogP contribution in [0.15, 0.2) is 66.7 Å². The summed E-state index contributed by atoms with van der Waals surface area (Å²) in [5.74, 6) is 1.05. The predicted molar refractivity (Wildman–Crippen MR) is 122 cm³/mol. The fraction of sp³-hybridized carbons (Fsp3) is 0.296. The first-order valence-corrected chi connectivity index (χ1v) is 11.1. The van der Waals surface area contributed by atoms with Gasteiger partial charge in [0, 0.05) is 6.54 Å². The molecule has 3 aromatic rings. The van der Waals surface area contributed by atoms with E-state index in [-0.39, 0.29) is 11.7 Å². The van der Waals surface area contributed by atoms with Crippen LogP contribution in [0.1, 0.15) is 42.0 Å². The molecule has 0 saturated heterocycles. The van der Waals surface area contributed by atoms with Gasteiger partial charge in [0.05, 0.1) is 0 Å². The number of hydrogen-bond donors (Lipinski definition) is 1. The zero-order valence-corrected chi connectivity index (χ0v) is 18.3. The number of nitrogens with one attached hydrogen (secondary N) is 1. The molecule has 4 nitrogen and oxygen atoms in total. The van der Waals surface area contributed by atoms with E-state index in [1.54, 1.807) is 19.1 Å². The molecule has 1 amide bonds. The minimum absolute atomic E-state index is 0.153. The Morgan fingerprint density at radius 1 is 0.906 bits per heavy atom. The Kier molecular flexibility index (Phi) is 7.05. The Hall–Kier alpha value is -3.34. The van der Waals surface area contributed by atoms with Crippen molar-refractivity contribution in [2.45, 2.75) is 51.9 Å². The minimum Gasteiger partial charge on any atom is -0.489 e. The van der Waals surface area contributed by atoms with Crippen LogP contribution >= 0.6 is 0 Å². The van der Waals surface area contributed by atoms with E-state index in [0.29, 0.717) is 18.9 Å². The van der Waals surface area contributed by atoms with Gasteiger partial charge in [0.25, 0.3) is 5.91 Å². The summed E-state index contributed by atoms with van der Waals surface area (Å²) in [6.07, 6.45) is 4.09. The van der Waals surface area contributed by atoms with Gasteiger partial charge in [-0.3, -0.25) is 4.79 Å². The van der Waals surface area contributed by atoms with Crippen LogP contribution in [0.25, 0.3) is 0 Å². The number of aryl methyl sites for hydroxylation is 2. The average molecular weight is 434 g/mol. The molecule has 0 bridgehead atoms. The van der Waals surface area contributed by atoms with Gasteiger partial charge in [-0.05, 0) is 91.3 Å². The number of benzene rings is 3. The largest absolute Gasteiger partial charge is 0.489 e. The van der Waals surface area contributed by atoms with Crippen LogP contribution in [0.4, 0.5) is 4.39 Å². The van der Waals surface area contributed by atoms with Crippen molar-refractivity contribution in [3.8, 4) is 11.5 Å². The first-order chi connectivity index (χ1) is 15.6. The van der Waals surface area contributed by atoms with Crippen LogP contribution in [-0.2, 0) is 30.8 Å². The van der Waals surface area contributed by atoms with Gasteiger partial charge >= 0.3 is 0 Å². The van der Waals surface area contributed by atoms with Crippen molar-refractivity contribution in [1.82, 2.24) is 5.32 Å². The maximum Gasteiger partial charge on any atom is 0.261 e. The summed E-state index contributed by atoms with van der Waals surface area (Å²) in [5.41, 5.74) is 4.60. The van der Waals surface area contributed by atoms with Crippen molar-refractivity contribution in [2.24, 2.45) is 0 Å². The molecule has 0 fully saturated rings. The highest BCUT2D eigenvalue weighted by atomic mass is 19.1. The first-order valence-electron chi connectivity index (χ1n) is 11.1. The molecule has 1 atom stereocenters. The highest BCUT2D eigenvalue weighted by Gasteiger charge is 2.16. The number of halogens is 1. The highest BCUT2D eigenvalue weighted by Crippen LogP contribution is 2.26. The van der Waals surface area contributed by atoms with E-state index in [9.17, 15) is 9.18 Å². The number of carbonyl (C=O) groups excluding carboxylic acids is 1. The van der Waals surface area contributed by atoms with Crippen LogP contribution in [0.5, 0.6) is 11.5 Å². The van der Waals surface area contributed by atoms with E-state index in [1.807, 2.05) is 30.3 Å². The number of amides is 1. The quantitative estimate of drug-likeness (QED) is 0.520. The smallest absolute Gasteiger partial charge is 0.261 e. The minimum atomic E-state index is -0.574. The van der Waals surface area contributed by atoms with E-state index < -0.39 is 6.10 Å². The zero-order valence-electron chi connectivity index (χ0n) is 18.3. The van der Waals surface area contributed by atoms with Crippen LogP contribution in [-0.4, -0.2) is 12.0 Å². The molecule has 5 heteroatoms. The maximum atomic E-state index is 13.0. The molecule has 0 aliphatic heterocycles. The van der Waals surface area contributed by atoms with Crippen LogP contribution in [0, 0.1) is 5.82 Å². The number of ether oxygens (including phenoxy) is 2. The molecule has 0 unspecified atom stereocenters. The van der Waals surface area contributed by atoms with Crippen molar-refractivity contribution in [3.63, 3.8) is 0 Å². The molecule has 3 aromatic carbocycles. The Morgan fingerprint density at radius 2 is 1.56 bits per heavy atom. The van der Waals surface area contributed by atoms with Gasteiger partial charge in [-0.2, -0.15) is 0 Å². The van der Waals surface area contributed by atoms with Gasteiger partial charge in [0.15, 0.2) is 6.10 Å². The Labute approximate surface area is 188 Å². The topological polar surface area (TPSA) is 47.6 Å². The van der Waals surface area contributed by atoms with Gasteiger partial charge in [0.1, 0.15) is 23.9 Å². The molecule has 32 heavy (non-hydrogen) atoms. The second kappa shape index (κ2) is 10.3. The summed E-state index contributed by atoms with van der Waals surface area (Å²) in [5, 5.41) is 2.92. The Morgan fingerprint density at radius 3 is 2.31 bits per heavy atom. The van der Waals surface area contributed by atoms with Crippen molar-refractivity contribution in [3.05, 3.63) is 94.8 Å². The van der Waals surface area contributed by atoms with Gasteiger partial charge in [-0.15, -0.1) is 0 Å². The average Bonchev–Trinajstić information content (AvgIpc) is 2.82. The van der Waals surface area contributed by atoms with Gasteiger partial charge in [-0.25, -0.2) is 4.39 Å². The van der Waals surface area contributed by atoms with E-state index in [1.165, 1.54) is 36.1 Å². The lowest BCUT2D eigenvalue weighted by Crippen LogP contribution is -2.35. The molecule has 0 heterocycles. The lowest BCUT2D eigenvalue weighted by Gasteiger charge is -2.19. The SMILES string of the molecule is C[C@H](Oc1ccc2c(c1)CCCC2)C(=O)NCc1ccc(OCc2ccc(F)cc2)cc1. The van der Waals surface area contributed by atoms with Gasteiger partial charge in [-0.1, -0.05) is 30.3 Å². The summed E-state index contributed by atoms with van der Waals surface area (Å²) in [6.45, 7) is 2.55. The Balaban J connectivity index is 1.24. The highest BCUT2D eigenvalue weighted by molar-refractivity contribution is 5.80. The monoisotopic (exact) mass is 433 g/mol. The number of rotatable bonds is 8. The van der Waals surface area contributed by atoms with Crippen LogP contribution in [0.3, 0.4) is 0 Å². The Bertz CT molecular complexity index is 1050. The van der Waals surface area contributed by atoms with E-state index >= 15 is 0 Å². The van der Waals surface area contributed by atoms with Gasteiger partial charge < -0.3 is 14.8 Å². The summed E-state index contributed by atoms with van der Waals surface area (Å²) >= 11 is 0. The molecule has 0 spiro atoms. The lowest BCUT2D eigenvalue weighted by atomic mass is 9.92. The number of carbonyl (C=O) groups is 1. The second-order valence-corrected chi connectivity index (χ2v) is 8.17. The fourth-order valence-corrected chi connectivity index (χ4v) is 3.82. The lowest BCUT2D eigenvalue weighted by molar-refractivity contribution is -0.127. The summed E-state index contributed by atoms with van der Waals surface area (Å²) in [4.78, 5) is 12.5. The summed E-state index contributed by atoms with van der Waals surface area (Å²) in [7, 11) is 0. The third kappa shape index (κ3) is 5.88. The molecule has 1 aliphatic carbocycles. The molecular formula is C27H28FNO3. The van der Waals surface area contributed by atoms with Crippen molar-refractivity contribution < 1.29 is 18.7 Å². The molecule has 166 valence electrons. The standard InChI is InChI=1S/C27H28FNO3/c1-19(32-26-15-10-22-4-2-3-5-23(22)16-26)27(30)29-17-20-8-13-25(14-9-20)31-18-21-6-11-24(28)12-7-21/h6-16,19H,2-5,17-18H2,1H3,(H,29,30)/t19-/m0/s1. The van der Waals surface area contributed by atoms with Crippen molar-refractivity contribution in [1.29, 1.82) is 0 Å². The predicted octanol–water partition coefficient (Wildman–Crippen LogP) is 5.37. The molecular weight excluding hydrogens is 405 g/mol. The number of fused-ring (bicyclic) bond motifs is 1. The molecule has 4 rings (SSSR count). The second-order valence-electron chi connectivity index (χ2n) is 8.17. The molecule has 0 aromatic heterocycles. The fourth-order valence-electron chi connectivity index (χ4n) is 3.82. The van der Waals surface area contributed by atoms with Crippen LogP contribution < -0.4 is 14.8 Å². The third-order valence-electron chi connectivity index (χ3n) is 5.71. The maximum absolute atomic E-state index is 13.0. The van der Waals surface area contributed by atoms with Gasteiger partial charge in [0.2, 0.25) is 0 Å². The van der Waals surface area contributed by atoms with E-state index in [2.05, 4.69) is 17.4 Å². The molecule has 0 saturated carbocycles. The zero-order chi connectivity index (χ0) is 22.3. The number of hydrogen-bond acceptors (Lipinski definition) is 3. The normalized spacial score (nSPS) is 13.7. The molecule has 1 N–H and O–H groups in total.